The average Bonchev–Trinajstić information content (AvgIpc) is 3.64. The van der Waals surface area contributed by atoms with Gasteiger partial charge in [0.25, 0.3) is 11.8 Å². The van der Waals surface area contributed by atoms with Crippen LogP contribution in [0.3, 0.4) is 0 Å². The molecular formula is C34H29N3O4. The van der Waals surface area contributed by atoms with E-state index >= 15 is 0 Å². The van der Waals surface area contributed by atoms with Crippen LogP contribution in [0.1, 0.15) is 20.7 Å². The van der Waals surface area contributed by atoms with Crippen molar-refractivity contribution in [3.8, 4) is 22.8 Å². The maximum atomic E-state index is 14.1. The first-order valence-corrected chi connectivity index (χ1v) is 13.9. The third-order valence-electron chi connectivity index (χ3n) is 7.91. The van der Waals surface area contributed by atoms with Gasteiger partial charge in [0.1, 0.15) is 11.5 Å². The highest BCUT2D eigenvalue weighted by atomic mass is 16.5. The number of rotatable bonds is 5. The van der Waals surface area contributed by atoms with Gasteiger partial charge in [0, 0.05) is 31.4 Å². The second-order valence-electron chi connectivity index (χ2n) is 10.4. The van der Waals surface area contributed by atoms with Crippen molar-refractivity contribution in [1.29, 1.82) is 0 Å². The third kappa shape index (κ3) is 4.74. The summed E-state index contributed by atoms with van der Waals surface area (Å²) in [7, 11) is 0. The molecule has 0 saturated carbocycles. The first-order chi connectivity index (χ1) is 20.2. The molecule has 2 amide bonds. The van der Waals surface area contributed by atoms with E-state index in [1.54, 1.807) is 29.2 Å². The number of carbonyl (C=O) groups excluding carboxylic acids is 2. The fourth-order valence-corrected chi connectivity index (χ4v) is 5.89. The maximum absolute atomic E-state index is 14.1. The minimum absolute atomic E-state index is 0.0362. The lowest BCUT2D eigenvalue weighted by Gasteiger charge is -2.36. The van der Waals surface area contributed by atoms with Gasteiger partial charge in [0.05, 0.1) is 35.5 Å². The molecule has 5 aromatic rings. The van der Waals surface area contributed by atoms with Crippen LogP contribution in [0.25, 0.3) is 16.8 Å². The highest BCUT2D eigenvalue weighted by molar-refractivity contribution is 6.03. The van der Waals surface area contributed by atoms with Crippen molar-refractivity contribution in [1.82, 2.24) is 14.2 Å². The van der Waals surface area contributed by atoms with Crippen LogP contribution < -0.4 is 4.74 Å². The van der Waals surface area contributed by atoms with E-state index in [9.17, 15) is 9.59 Å². The Labute approximate surface area is 238 Å². The van der Waals surface area contributed by atoms with Crippen LogP contribution in [-0.2, 0) is 4.74 Å². The van der Waals surface area contributed by atoms with Gasteiger partial charge in [-0.15, -0.1) is 0 Å². The number of amides is 2. The van der Waals surface area contributed by atoms with Crippen LogP contribution in [0.4, 0.5) is 0 Å². The maximum Gasteiger partial charge on any atom is 0.256 e. The topological polar surface area (TPSA) is 63.5 Å². The van der Waals surface area contributed by atoms with Crippen LogP contribution in [0.15, 0.2) is 115 Å². The highest BCUT2D eigenvalue weighted by Gasteiger charge is 2.44. The van der Waals surface area contributed by atoms with Crippen molar-refractivity contribution in [2.45, 2.75) is 12.1 Å². The second-order valence-corrected chi connectivity index (χ2v) is 10.4. The van der Waals surface area contributed by atoms with Gasteiger partial charge in [-0.2, -0.15) is 0 Å². The van der Waals surface area contributed by atoms with Crippen molar-refractivity contribution in [2.24, 2.45) is 0 Å². The molecule has 0 unspecified atom stereocenters. The molecule has 204 valence electrons. The quantitative estimate of drug-likeness (QED) is 0.283. The lowest BCUT2D eigenvalue weighted by Crippen LogP contribution is -2.53. The molecule has 0 radical (unpaired) electrons. The minimum atomic E-state index is -0.222. The van der Waals surface area contributed by atoms with E-state index in [1.165, 1.54) is 0 Å². The number of para-hydroxylation sites is 1. The molecule has 0 spiro atoms. The number of pyridine rings is 1. The van der Waals surface area contributed by atoms with E-state index in [1.807, 2.05) is 83.9 Å². The number of morpholine rings is 1. The molecule has 3 aromatic carbocycles. The fourth-order valence-electron chi connectivity index (χ4n) is 5.89. The van der Waals surface area contributed by atoms with Gasteiger partial charge < -0.3 is 23.7 Å². The molecule has 2 aliphatic rings. The summed E-state index contributed by atoms with van der Waals surface area (Å²) in [5, 5.41) is 0. The number of fused-ring (bicyclic) bond motifs is 2. The summed E-state index contributed by atoms with van der Waals surface area (Å²) in [6.07, 6.45) is 1.77. The zero-order valence-corrected chi connectivity index (χ0v) is 22.4. The molecule has 4 heterocycles. The number of hydrogen-bond acceptors (Lipinski definition) is 4. The van der Waals surface area contributed by atoms with Crippen LogP contribution in [0.5, 0.6) is 11.5 Å². The van der Waals surface area contributed by atoms with E-state index in [0.717, 1.165) is 22.5 Å². The summed E-state index contributed by atoms with van der Waals surface area (Å²) in [5.74, 6) is 1.29. The Morgan fingerprint density at radius 2 is 1.46 bits per heavy atom. The smallest absolute Gasteiger partial charge is 0.256 e. The molecule has 7 rings (SSSR count). The van der Waals surface area contributed by atoms with E-state index in [0.29, 0.717) is 43.1 Å². The Hall–Kier alpha value is -4.88. The summed E-state index contributed by atoms with van der Waals surface area (Å²) < 4.78 is 14.0. The highest BCUT2D eigenvalue weighted by Crippen LogP contribution is 2.31. The lowest BCUT2D eigenvalue weighted by molar-refractivity contribution is -0.0368. The summed E-state index contributed by atoms with van der Waals surface area (Å²) >= 11 is 0. The minimum Gasteiger partial charge on any atom is -0.457 e. The third-order valence-corrected chi connectivity index (χ3v) is 7.91. The lowest BCUT2D eigenvalue weighted by atomic mass is 10.1. The summed E-state index contributed by atoms with van der Waals surface area (Å²) in [6, 6.07) is 34.5. The van der Waals surface area contributed by atoms with Crippen molar-refractivity contribution in [2.75, 3.05) is 26.2 Å². The molecule has 41 heavy (non-hydrogen) atoms. The number of ether oxygens (including phenoxy) is 2. The molecule has 7 heteroatoms. The van der Waals surface area contributed by atoms with E-state index < -0.39 is 0 Å². The summed E-state index contributed by atoms with van der Waals surface area (Å²) in [4.78, 5) is 31.2. The van der Waals surface area contributed by atoms with Crippen molar-refractivity contribution < 1.29 is 19.1 Å². The normalized spacial score (nSPS) is 18.3. The predicted octanol–water partition coefficient (Wildman–Crippen LogP) is 5.76. The van der Waals surface area contributed by atoms with Gasteiger partial charge in [-0.1, -0.05) is 54.6 Å². The standard InChI is InChI=1S/C34H29N3O4/c38-33(25-14-16-27(17-15-25)41-26-11-5-2-6-12-26)35-22-31-32(23-35)40-20-19-37(31)34(39)28-21-30(24-9-3-1-4-10-24)36-18-8-7-13-29(28)36/h1-18,21,31-32H,19-20,22-23H2/t31-,32+/m0/s1. The van der Waals surface area contributed by atoms with Crippen LogP contribution in [0.2, 0.25) is 0 Å². The predicted molar refractivity (Wildman–Crippen MR) is 156 cm³/mol. The Balaban J connectivity index is 1.10. The Kier molecular flexibility index (Phi) is 6.49. The molecule has 7 nitrogen and oxygen atoms in total. The molecule has 2 aromatic heterocycles. The van der Waals surface area contributed by atoms with E-state index in [4.69, 9.17) is 9.47 Å². The number of nitrogens with zero attached hydrogens (tertiary/aromatic N) is 3. The van der Waals surface area contributed by atoms with Crippen molar-refractivity contribution >= 4 is 17.3 Å². The second kappa shape index (κ2) is 10.6. The van der Waals surface area contributed by atoms with E-state index in [-0.39, 0.29) is 24.0 Å². The molecule has 2 fully saturated rings. The van der Waals surface area contributed by atoms with Crippen LogP contribution in [0, 0.1) is 0 Å². The van der Waals surface area contributed by atoms with Gasteiger partial charge in [0.15, 0.2) is 0 Å². The average molecular weight is 544 g/mol. The zero-order chi connectivity index (χ0) is 27.8. The first kappa shape index (κ1) is 25.1. The molecule has 2 aliphatic heterocycles. The number of likely N-dealkylation sites (tertiary alicyclic amines) is 1. The SMILES string of the molecule is O=C(c1ccc(Oc2ccccc2)cc1)N1C[C@H]2OCCN(C(=O)c3cc(-c4ccccc4)n4ccccc34)[C@H]2C1. The molecule has 2 saturated heterocycles. The molecule has 0 bridgehead atoms. The Morgan fingerprint density at radius 3 is 2.24 bits per heavy atom. The Bertz CT molecular complexity index is 1700. The molecule has 2 atom stereocenters. The number of aromatic nitrogens is 1. The largest absolute Gasteiger partial charge is 0.457 e. The Morgan fingerprint density at radius 1 is 0.756 bits per heavy atom. The van der Waals surface area contributed by atoms with Crippen molar-refractivity contribution in [3.05, 3.63) is 127 Å². The van der Waals surface area contributed by atoms with Gasteiger partial charge in [0.2, 0.25) is 0 Å². The van der Waals surface area contributed by atoms with E-state index in [2.05, 4.69) is 16.5 Å². The van der Waals surface area contributed by atoms with Gasteiger partial charge in [-0.25, -0.2) is 0 Å². The molecule has 0 aliphatic carbocycles. The molecular weight excluding hydrogens is 514 g/mol. The number of benzene rings is 3. The van der Waals surface area contributed by atoms with Gasteiger partial charge in [-0.3, -0.25) is 9.59 Å². The van der Waals surface area contributed by atoms with Crippen molar-refractivity contribution in [3.63, 3.8) is 0 Å². The van der Waals surface area contributed by atoms with Gasteiger partial charge in [-0.05, 0) is 60.2 Å². The molecule has 0 N–H and O–H groups in total. The van der Waals surface area contributed by atoms with Gasteiger partial charge >= 0.3 is 0 Å². The number of carbonyl (C=O) groups is 2. The zero-order valence-electron chi connectivity index (χ0n) is 22.4. The summed E-state index contributed by atoms with van der Waals surface area (Å²) in [6.45, 7) is 1.80. The summed E-state index contributed by atoms with van der Waals surface area (Å²) in [5.41, 5.74) is 4.11. The van der Waals surface area contributed by atoms with Crippen LogP contribution in [-0.4, -0.2) is 64.4 Å². The van der Waals surface area contributed by atoms with Crippen LogP contribution >= 0.6 is 0 Å². The monoisotopic (exact) mass is 543 g/mol. The first-order valence-electron chi connectivity index (χ1n) is 13.9. The fraction of sp³-hybridized carbons (Fsp3) is 0.176. The number of hydrogen-bond donors (Lipinski definition) is 0.